The number of rotatable bonds is 4. The molecule has 110 valence electrons. The first kappa shape index (κ1) is 15.0. The number of benzene rings is 1. The maximum absolute atomic E-state index is 12.6. The van der Waals surface area contributed by atoms with Crippen LogP contribution >= 0.6 is 0 Å². The Morgan fingerprint density at radius 2 is 1.80 bits per heavy atom. The molecule has 1 aromatic rings. The molecule has 1 aliphatic carbocycles. The number of nitrogens with zero attached hydrogens (tertiary/aromatic N) is 1. The van der Waals surface area contributed by atoms with Crippen molar-refractivity contribution in [3.63, 3.8) is 0 Å². The molecule has 3 heteroatoms. The molecule has 0 aliphatic heterocycles. The molecular formula is C17H26N2O. The highest BCUT2D eigenvalue weighted by atomic mass is 16.2. The number of hydrogen-bond acceptors (Lipinski definition) is 2. The van der Waals surface area contributed by atoms with Gasteiger partial charge in [-0.3, -0.25) is 4.79 Å². The zero-order valence-electron chi connectivity index (χ0n) is 12.7. The molecule has 0 saturated heterocycles. The molecule has 0 atom stereocenters. The summed E-state index contributed by atoms with van der Waals surface area (Å²) in [5, 5.41) is 0. The second-order valence-electron chi connectivity index (χ2n) is 6.07. The Hall–Kier alpha value is -1.35. The Bertz CT molecular complexity index is 447. The van der Waals surface area contributed by atoms with Gasteiger partial charge >= 0.3 is 0 Å². The molecule has 0 bridgehead atoms. The molecule has 0 spiro atoms. The third kappa shape index (κ3) is 3.60. The topological polar surface area (TPSA) is 46.3 Å². The van der Waals surface area contributed by atoms with Gasteiger partial charge in [0.05, 0.1) is 0 Å². The quantitative estimate of drug-likeness (QED) is 0.914. The van der Waals surface area contributed by atoms with Crippen LogP contribution in [0.3, 0.4) is 0 Å². The van der Waals surface area contributed by atoms with E-state index in [1.54, 1.807) is 0 Å². The zero-order chi connectivity index (χ0) is 14.6. The molecule has 2 N–H and O–H groups in total. The van der Waals surface area contributed by atoms with Crippen LogP contribution in [0.4, 0.5) is 5.69 Å². The van der Waals surface area contributed by atoms with Gasteiger partial charge in [-0.25, -0.2) is 0 Å². The minimum atomic E-state index is -0.284. The number of anilines is 1. The molecule has 1 fully saturated rings. The van der Waals surface area contributed by atoms with Crippen molar-refractivity contribution in [3.05, 3.63) is 29.8 Å². The Morgan fingerprint density at radius 1 is 1.20 bits per heavy atom. The van der Waals surface area contributed by atoms with Gasteiger partial charge in [-0.15, -0.1) is 0 Å². The summed E-state index contributed by atoms with van der Waals surface area (Å²) in [6.07, 6.45) is 5.98. The van der Waals surface area contributed by atoms with E-state index >= 15 is 0 Å². The van der Waals surface area contributed by atoms with Crippen LogP contribution in [0.15, 0.2) is 24.3 Å². The number of carbonyl (C=O) groups excluding carboxylic acids is 1. The zero-order valence-corrected chi connectivity index (χ0v) is 12.7. The van der Waals surface area contributed by atoms with E-state index in [4.69, 9.17) is 5.73 Å². The number of amides is 1. The summed E-state index contributed by atoms with van der Waals surface area (Å²) < 4.78 is 0. The molecule has 1 aromatic carbocycles. The average molecular weight is 274 g/mol. The molecule has 3 nitrogen and oxygen atoms in total. The minimum absolute atomic E-state index is 0.153. The second-order valence-corrected chi connectivity index (χ2v) is 6.07. The first-order valence-corrected chi connectivity index (χ1v) is 7.70. The van der Waals surface area contributed by atoms with Crippen LogP contribution in [-0.2, 0) is 4.79 Å². The van der Waals surface area contributed by atoms with E-state index < -0.39 is 0 Å². The normalized spacial score (nSPS) is 17.8. The Morgan fingerprint density at radius 3 is 2.35 bits per heavy atom. The Balaban J connectivity index is 2.07. The lowest BCUT2D eigenvalue weighted by molar-refractivity contribution is -0.120. The fraction of sp³-hybridized carbons (Fsp3) is 0.588. The van der Waals surface area contributed by atoms with Gasteiger partial charge in [0.25, 0.3) is 0 Å². The highest BCUT2D eigenvalue weighted by Crippen LogP contribution is 2.30. The van der Waals surface area contributed by atoms with Crippen LogP contribution in [0.5, 0.6) is 0 Å². The van der Waals surface area contributed by atoms with Crippen molar-refractivity contribution in [2.45, 2.75) is 57.9 Å². The molecule has 0 unspecified atom stereocenters. The van der Waals surface area contributed by atoms with Crippen LogP contribution in [0.25, 0.3) is 0 Å². The second kappa shape index (κ2) is 6.40. The van der Waals surface area contributed by atoms with Crippen LogP contribution in [0.1, 0.15) is 51.0 Å². The molecule has 1 aliphatic rings. The van der Waals surface area contributed by atoms with Gasteiger partial charge in [-0.2, -0.15) is 0 Å². The molecule has 0 radical (unpaired) electrons. The van der Waals surface area contributed by atoms with Crippen LogP contribution in [-0.4, -0.2) is 18.0 Å². The first-order valence-electron chi connectivity index (χ1n) is 7.70. The SMILES string of the molecule is CCN(C(=O)CC1(N)CCCCC1)c1ccc(C)cc1. The number of carbonyl (C=O) groups is 1. The minimum Gasteiger partial charge on any atom is -0.325 e. The molecule has 2 rings (SSSR count). The van der Waals surface area contributed by atoms with Gasteiger partial charge in [0.2, 0.25) is 5.91 Å². The third-order valence-corrected chi connectivity index (χ3v) is 4.32. The Kier molecular flexibility index (Phi) is 4.81. The van der Waals surface area contributed by atoms with Gasteiger partial charge in [-0.1, -0.05) is 37.0 Å². The predicted molar refractivity (Wildman–Crippen MR) is 83.8 cm³/mol. The first-order chi connectivity index (χ1) is 9.54. The summed E-state index contributed by atoms with van der Waals surface area (Å²) >= 11 is 0. The van der Waals surface area contributed by atoms with Gasteiger partial charge in [0.1, 0.15) is 0 Å². The summed E-state index contributed by atoms with van der Waals surface area (Å²) in [7, 11) is 0. The van der Waals surface area contributed by atoms with Gasteiger partial charge in [-0.05, 0) is 38.8 Å². The standard InChI is InChI=1S/C17H26N2O/c1-3-19(15-9-7-14(2)8-10-15)16(20)13-17(18)11-5-4-6-12-17/h7-10H,3-6,11-13,18H2,1-2H3. The molecular weight excluding hydrogens is 248 g/mol. The number of hydrogen-bond donors (Lipinski definition) is 1. The van der Waals surface area contributed by atoms with E-state index in [0.717, 1.165) is 31.4 Å². The maximum atomic E-state index is 12.6. The summed E-state index contributed by atoms with van der Waals surface area (Å²) in [6.45, 7) is 4.76. The lowest BCUT2D eigenvalue weighted by Gasteiger charge is -2.34. The van der Waals surface area contributed by atoms with Crippen LogP contribution < -0.4 is 10.6 Å². The lowest BCUT2D eigenvalue weighted by atomic mass is 9.80. The summed E-state index contributed by atoms with van der Waals surface area (Å²) in [5.41, 5.74) is 8.31. The lowest BCUT2D eigenvalue weighted by Crippen LogP contribution is -2.47. The summed E-state index contributed by atoms with van der Waals surface area (Å²) in [4.78, 5) is 14.4. The monoisotopic (exact) mass is 274 g/mol. The van der Waals surface area contributed by atoms with E-state index in [1.807, 2.05) is 36.1 Å². The van der Waals surface area contributed by atoms with E-state index in [1.165, 1.54) is 12.0 Å². The number of nitrogens with two attached hydrogens (primary N) is 1. The third-order valence-electron chi connectivity index (χ3n) is 4.32. The predicted octanol–water partition coefficient (Wildman–Crippen LogP) is 3.40. The van der Waals surface area contributed by atoms with E-state index in [9.17, 15) is 4.79 Å². The van der Waals surface area contributed by atoms with Gasteiger partial charge in [0, 0.05) is 24.2 Å². The van der Waals surface area contributed by atoms with Crippen molar-refractivity contribution < 1.29 is 4.79 Å². The average Bonchev–Trinajstić information content (AvgIpc) is 2.42. The number of aryl methyl sites for hydroxylation is 1. The smallest absolute Gasteiger partial charge is 0.228 e. The van der Waals surface area contributed by atoms with E-state index in [2.05, 4.69) is 6.92 Å². The van der Waals surface area contributed by atoms with Crippen LogP contribution in [0.2, 0.25) is 0 Å². The largest absolute Gasteiger partial charge is 0.325 e. The van der Waals surface area contributed by atoms with Crippen molar-refractivity contribution in [1.82, 2.24) is 0 Å². The molecule has 0 heterocycles. The Labute approximate surface area is 122 Å². The summed E-state index contributed by atoms with van der Waals surface area (Å²) in [5.74, 6) is 0.153. The van der Waals surface area contributed by atoms with Gasteiger partial charge < -0.3 is 10.6 Å². The van der Waals surface area contributed by atoms with Crippen molar-refractivity contribution in [2.75, 3.05) is 11.4 Å². The molecule has 1 saturated carbocycles. The van der Waals surface area contributed by atoms with E-state index in [0.29, 0.717) is 13.0 Å². The molecule has 20 heavy (non-hydrogen) atoms. The molecule has 1 amide bonds. The fourth-order valence-corrected chi connectivity index (χ4v) is 3.06. The van der Waals surface area contributed by atoms with E-state index in [-0.39, 0.29) is 11.4 Å². The highest BCUT2D eigenvalue weighted by molar-refractivity contribution is 5.94. The van der Waals surface area contributed by atoms with Crippen molar-refractivity contribution in [3.8, 4) is 0 Å². The van der Waals surface area contributed by atoms with Crippen molar-refractivity contribution >= 4 is 11.6 Å². The fourth-order valence-electron chi connectivity index (χ4n) is 3.06. The summed E-state index contributed by atoms with van der Waals surface area (Å²) in [6, 6.07) is 8.12. The van der Waals surface area contributed by atoms with Gasteiger partial charge in [0.15, 0.2) is 0 Å². The van der Waals surface area contributed by atoms with Crippen LogP contribution in [0, 0.1) is 6.92 Å². The highest BCUT2D eigenvalue weighted by Gasteiger charge is 2.31. The maximum Gasteiger partial charge on any atom is 0.228 e. The molecule has 0 aromatic heterocycles. The van der Waals surface area contributed by atoms with Crippen molar-refractivity contribution in [1.29, 1.82) is 0 Å². The van der Waals surface area contributed by atoms with Crippen molar-refractivity contribution in [2.24, 2.45) is 5.73 Å².